The molecule has 5 nitrogen and oxygen atoms in total. The molecule has 0 heterocycles. The van der Waals surface area contributed by atoms with Crippen LogP contribution in [0.3, 0.4) is 0 Å². The number of carbonyl (C=O) groups is 1. The molecule has 0 saturated carbocycles. The second-order valence-corrected chi connectivity index (χ2v) is 5.72. The number of hydrogen-bond acceptors (Lipinski definition) is 3. The van der Waals surface area contributed by atoms with Crippen LogP contribution in [0.4, 0.5) is 0 Å². The molecule has 0 bridgehead atoms. The van der Waals surface area contributed by atoms with Gasteiger partial charge in [0, 0.05) is 6.61 Å². The summed E-state index contributed by atoms with van der Waals surface area (Å²) in [6.45, 7) is 5.18. The molecule has 2 N–H and O–H groups in total. The normalized spacial score (nSPS) is 16.7. The topological polar surface area (TPSA) is 83.8 Å². The molecule has 0 rings (SSSR count). The molecule has 14 heavy (non-hydrogen) atoms. The Morgan fingerprint density at radius 1 is 1.50 bits per heavy atom. The molecule has 0 aromatic rings. The lowest BCUT2D eigenvalue weighted by Crippen LogP contribution is -2.31. The summed E-state index contributed by atoms with van der Waals surface area (Å²) in [4.78, 5) is 28.2. The van der Waals surface area contributed by atoms with Crippen LogP contribution in [0, 0.1) is 5.92 Å². The summed E-state index contributed by atoms with van der Waals surface area (Å²) in [5.41, 5.74) is 0. The zero-order chi connectivity index (χ0) is 11.4. The fourth-order valence-electron chi connectivity index (χ4n) is 0.688. The average molecular weight is 224 g/mol. The molecule has 0 aliphatic carbocycles. The van der Waals surface area contributed by atoms with Crippen LogP contribution >= 0.6 is 7.60 Å². The second kappa shape index (κ2) is 5.03. The van der Waals surface area contributed by atoms with Gasteiger partial charge in [0.2, 0.25) is 5.34 Å². The van der Waals surface area contributed by atoms with Crippen LogP contribution in [0.5, 0.6) is 0 Å². The lowest BCUT2D eigenvalue weighted by atomic mass is 10.1. The van der Waals surface area contributed by atoms with Crippen LogP contribution in [0.25, 0.3) is 0 Å². The molecule has 0 aromatic carbocycles. The Morgan fingerprint density at radius 3 is 2.29 bits per heavy atom. The van der Waals surface area contributed by atoms with E-state index < -0.39 is 12.9 Å². The molecule has 0 aliphatic heterocycles. The maximum Gasteiger partial charge on any atom is 0.364 e. The van der Waals surface area contributed by atoms with Crippen molar-refractivity contribution in [1.82, 2.24) is 0 Å². The number of hydrogen-bond donors (Lipinski definition) is 2. The minimum absolute atomic E-state index is 0.161. The number of carbonyl (C=O) groups excluding carboxylic acids is 1. The average Bonchev–Trinajstić information content (AvgIpc) is 2.01. The Balaban J connectivity index is 4.29. The third-order valence-corrected chi connectivity index (χ3v) is 3.28. The highest BCUT2D eigenvalue weighted by atomic mass is 31.2. The van der Waals surface area contributed by atoms with Gasteiger partial charge in [0.25, 0.3) is 0 Å². The molecular formula is C8H17O5P. The van der Waals surface area contributed by atoms with E-state index in [1.54, 1.807) is 0 Å². The highest BCUT2D eigenvalue weighted by Crippen LogP contribution is 2.49. The molecule has 0 fully saturated rings. The predicted molar refractivity (Wildman–Crippen MR) is 51.9 cm³/mol. The molecule has 84 valence electrons. The largest absolute Gasteiger partial charge is 0.364 e. The molecule has 0 aliphatic rings. The van der Waals surface area contributed by atoms with Crippen LogP contribution in [0.15, 0.2) is 0 Å². The first kappa shape index (κ1) is 13.8. The van der Waals surface area contributed by atoms with E-state index in [1.165, 1.54) is 0 Å². The number of aldehydes is 1. The highest BCUT2D eigenvalue weighted by Gasteiger charge is 2.43. The summed E-state index contributed by atoms with van der Waals surface area (Å²) in [5, 5.41) is -2.00. The van der Waals surface area contributed by atoms with Crippen molar-refractivity contribution < 1.29 is 23.9 Å². The Labute approximate surface area is 83.6 Å². The molecule has 0 saturated heterocycles. The Bertz CT molecular complexity index is 234. The van der Waals surface area contributed by atoms with Gasteiger partial charge in [-0.3, -0.25) is 9.36 Å². The van der Waals surface area contributed by atoms with E-state index in [2.05, 4.69) is 0 Å². The first-order valence-corrected chi connectivity index (χ1v) is 6.00. The zero-order valence-electron chi connectivity index (χ0n) is 8.64. The van der Waals surface area contributed by atoms with Crippen molar-refractivity contribution in [3.63, 3.8) is 0 Å². The SMILES string of the molecule is CC(C)CCOC(C)(C=O)P(=O)(O)O. The van der Waals surface area contributed by atoms with E-state index >= 15 is 0 Å². The summed E-state index contributed by atoms with van der Waals surface area (Å²) in [5.74, 6) is 0.364. The molecule has 0 radical (unpaired) electrons. The van der Waals surface area contributed by atoms with Gasteiger partial charge in [0.1, 0.15) is 0 Å². The fourth-order valence-corrected chi connectivity index (χ4v) is 1.08. The number of rotatable bonds is 6. The van der Waals surface area contributed by atoms with Crippen molar-refractivity contribution in [1.29, 1.82) is 0 Å². The molecule has 0 aromatic heterocycles. The fraction of sp³-hybridized carbons (Fsp3) is 0.875. The Kier molecular flexibility index (Phi) is 4.95. The smallest absolute Gasteiger partial charge is 0.356 e. The predicted octanol–water partition coefficient (Wildman–Crippen LogP) is 1.14. The lowest BCUT2D eigenvalue weighted by Gasteiger charge is -2.24. The first-order chi connectivity index (χ1) is 6.23. The van der Waals surface area contributed by atoms with E-state index in [0.29, 0.717) is 12.3 Å². The van der Waals surface area contributed by atoms with Gasteiger partial charge < -0.3 is 14.5 Å². The van der Waals surface area contributed by atoms with Gasteiger partial charge >= 0.3 is 7.60 Å². The van der Waals surface area contributed by atoms with Gasteiger partial charge in [-0.15, -0.1) is 0 Å². The molecule has 1 atom stereocenters. The Morgan fingerprint density at radius 2 is 2.00 bits per heavy atom. The molecule has 0 spiro atoms. The third-order valence-electron chi connectivity index (χ3n) is 1.89. The lowest BCUT2D eigenvalue weighted by molar-refractivity contribution is -0.122. The van der Waals surface area contributed by atoms with E-state index in [1.807, 2.05) is 13.8 Å². The zero-order valence-corrected chi connectivity index (χ0v) is 9.53. The van der Waals surface area contributed by atoms with Crippen molar-refractivity contribution in [2.75, 3.05) is 6.61 Å². The van der Waals surface area contributed by atoms with E-state index in [-0.39, 0.29) is 12.9 Å². The molecule has 6 heteroatoms. The van der Waals surface area contributed by atoms with Gasteiger partial charge in [-0.25, -0.2) is 0 Å². The molecule has 1 unspecified atom stereocenters. The summed E-state index contributed by atoms with van der Waals surface area (Å²) in [7, 11) is -4.54. The Hall–Kier alpha value is -0.220. The number of ether oxygens (including phenoxy) is 1. The molecular weight excluding hydrogens is 207 g/mol. The highest BCUT2D eigenvalue weighted by molar-refractivity contribution is 7.54. The maximum absolute atomic E-state index is 10.9. The third kappa shape index (κ3) is 3.88. The quantitative estimate of drug-likeness (QED) is 0.522. The van der Waals surface area contributed by atoms with Crippen LogP contribution in [-0.4, -0.2) is 28.0 Å². The van der Waals surface area contributed by atoms with E-state index in [4.69, 9.17) is 14.5 Å². The van der Waals surface area contributed by atoms with Crippen molar-refractivity contribution in [3.8, 4) is 0 Å². The first-order valence-electron chi connectivity index (χ1n) is 4.39. The summed E-state index contributed by atoms with van der Waals surface area (Å²) in [6, 6.07) is 0. The van der Waals surface area contributed by atoms with E-state index in [0.717, 1.165) is 6.92 Å². The van der Waals surface area contributed by atoms with Gasteiger partial charge in [0.15, 0.2) is 6.29 Å². The standard InChI is InChI=1S/C8H17O5P/c1-7(2)4-5-13-8(3,6-9)14(10,11)12/h6-7H,4-5H2,1-3H3,(H2,10,11,12). The van der Waals surface area contributed by atoms with Crippen LogP contribution < -0.4 is 0 Å². The minimum Gasteiger partial charge on any atom is -0.356 e. The summed E-state index contributed by atoms with van der Waals surface area (Å²) in [6.07, 6.45) is 0.817. The van der Waals surface area contributed by atoms with Crippen molar-refractivity contribution >= 4 is 13.9 Å². The van der Waals surface area contributed by atoms with Gasteiger partial charge in [-0.1, -0.05) is 13.8 Å². The summed E-state index contributed by atoms with van der Waals surface area (Å²) >= 11 is 0. The maximum atomic E-state index is 10.9. The summed E-state index contributed by atoms with van der Waals surface area (Å²) < 4.78 is 15.8. The molecule has 0 amide bonds. The van der Waals surface area contributed by atoms with Gasteiger partial charge in [-0.05, 0) is 19.3 Å². The van der Waals surface area contributed by atoms with Crippen LogP contribution in [0.1, 0.15) is 27.2 Å². The van der Waals surface area contributed by atoms with Crippen molar-refractivity contribution in [3.05, 3.63) is 0 Å². The van der Waals surface area contributed by atoms with Crippen molar-refractivity contribution in [2.45, 2.75) is 32.5 Å². The van der Waals surface area contributed by atoms with Gasteiger partial charge in [-0.2, -0.15) is 0 Å². The van der Waals surface area contributed by atoms with E-state index in [9.17, 15) is 9.36 Å². The van der Waals surface area contributed by atoms with Crippen LogP contribution in [0.2, 0.25) is 0 Å². The minimum atomic E-state index is -4.54. The monoisotopic (exact) mass is 224 g/mol. The van der Waals surface area contributed by atoms with Gasteiger partial charge in [0.05, 0.1) is 0 Å². The van der Waals surface area contributed by atoms with Crippen molar-refractivity contribution in [2.24, 2.45) is 5.92 Å². The van der Waals surface area contributed by atoms with Crippen LogP contribution in [-0.2, 0) is 14.1 Å². The second-order valence-electron chi connectivity index (χ2n) is 3.75.